The molecule has 13 heavy (non-hydrogen) atoms. The van der Waals surface area contributed by atoms with E-state index in [0.717, 1.165) is 5.69 Å². The van der Waals surface area contributed by atoms with E-state index >= 15 is 0 Å². The number of aryl methyl sites for hydroxylation is 1. The standard InChI is InChI=1S/C8H7Br2F2N/c1-4-7(10)5(2-9)6(3-13-4)8(11)12/h3,8H,2H2,1H3. The molecule has 0 N–H and O–H groups in total. The third kappa shape index (κ3) is 2.26. The first-order valence-electron chi connectivity index (χ1n) is 3.56. The van der Waals surface area contributed by atoms with E-state index in [1.807, 2.05) is 0 Å². The maximum absolute atomic E-state index is 12.4. The van der Waals surface area contributed by atoms with Gasteiger partial charge in [-0.15, -0.1) is 0 Å². The molecule has 0 spiro atoms. The van der Waals surface area contributed by atoms with E-state index in [0.29, 0.717) is 15.4 Å². The molecule has 0 aliphatic carbocycles. The SMILES string of the molecule is Cc1ncc(C(F)F)c(CBr)c1Br. The third-order valence-corrected chi connectivity index (χ3v) is 3.31. The van der Waals surface area contributed by atoms with E-state index in [2.05, 4.69) is 36.8 Å². The topological polar surface area (TPSA) is 12.9 Å². The molecule has 0 fully saturated rings. The van der Waals surface area contributed by atoms with E-state index in [9.17, 15) is 8.78 Å². The Morgan fingerprint density at radius 2 is 2.15 bits per heavy atom. The van der Waals surface area contributed by atoms with E-state index in [1.54, 1.807) is 6.92 Å². The number of rotatable bonds is 2. The molecule has 0 saturated heterocycles. The van der Waals surface area contributed by atoms with E-state index in [4.69, 9.17) is 0 Å². The predicted molar refractivity (Wildman–Crippen MR) is 54.3 cm³/mol. The Balaban J connectivity index is 3.30. The lowest BCUT2D eigenvalue weighted by molar-refractivity contribution is 0.150. The highest BCUT2D eigenvalue weighted by Gasteiger charge is 2.16. The number of halogens is 4. The number of hydrogen-bond donors (Lipinski definition) is 0. The van der Waals surface area contributed by atoms with Gasteiger partial charge in [0.1, 0.15) is 0 Å². The van der Waals surface area contributed by atoms with Crippen LogP contribution < -0.4 is 0 Å². The summed E-state index contributed by atoms with van der Waals surface area (Å²) >= 11 is 6.40. The second kappa shape index (κ2) is 4.46. The summed E-state index contributed by atoms with van der Waals surface area (Å²) in [4.78, 5) is 3.86. The van der Waals surface area contributed by atoms with E-state index in [-0.39, 0.29) is 5.56 Å². The van der Waals surface area contributed by atoms with Crippen molar-refractivity contribution in [3.8, 4) is 0 Å². The van der Waals surface area contributed by atoms with Gasteiger partial charge in [-0.3, -0.25) is 4.98 Å². The number of hydrogen-bond acceptors (Lipinski definition) is 1. The monoisotopic (exact) mass is 313 g/mol. The largest absolute Gasteiger partial charge is 0.265 e. The number of alkyl halides is 3. The zero-order valence-electron chi connectivity index (χ0n) is 6.82. The van der Waals surface area contributed by atoms with Crippen molar-refractivity contribution in [1.29, 1.82) is 0 Å². The van der Waals surface area contributed by atoms with Crippen molar-refractivity contribution in [3.05, 3.63) is 27.5 Å². The quantitative estimate of drug-likeness (QED) is 0.752. The smallest absolute Gasteiger partial charge is 0.260 e. The molecule has 1 nitrogen and oxygen atoms in total. The van der Waals surface area contributed by atoms with Crippen molar-refractivity contribution in [1.82, 2.24) is 4.98 Å². The zero-order valence-corrected chi connectivity index (χ0v) is 9.99. The third-order valence-electron chi connectivity index (χ3n) is 1.70. The number of nitrogens with zero attached hydrogens (tertiary/aromatic N) is 1. The van der Waals surface area contributed by atoms with Gasteiger partial charge in [0.05, 0.1) is 5.69 Å². The van der Waals surface area contributed by atoms with Crippen molar-refractivity contribution in [2.75, 3.05) is 0 Å². The molecule has 0 bridgehead atoms. The molecule has 72 valence electrons. The van der Waals surface area contributed by atoms with E-state index < -0.39 is 6.43 Å². The molecule has 1 rings (SSSR count). The van der Waals surface area contributed by atoms with Crippen molar-refractivity contribution in [2.24, 2.45) is 0 Å². The Bertz CT molecular complexity index is 315. The first kappa shape index (κ1) is 11.0. The summed E-state index contributed by atoms with van der Waals surface area (Å²) in [6.07, 6.45) is -1.25. The van der Waals surface area contributed by atoms with Crippen LogP contribution in [0.25, 0.3) is 0 Å². The minimum Gasteiger partial charge on any atom is -0.260 e. The van der Waals surface area contributed by atoms with Crippen LogP contribution in [0.3, 0.4) is 0 Å². The van der Waals surface area contributed by atoms with Crippen LogP contribution in [0.5, 0.6) is 0 Å². The average Bonchev–Trinajstić information content (AvgIpc) is 2.09. The number of aromatic nitrogens is 1. The highest BCUT2D eigenvalue weighted by Crippen LogP contribution is 2.30. The first-order chi connectivity index (χ1) is 6.07. The van der Waals surface area contributed by atoms with Crippen molar-refractivity contribution >= 4 is 31.9 Å². The molecule has 1 heterocycles. The summed E-state index contributed by atoms with van der Waals surface area (Å²) in [5.41, 5.74) is 1.27. The second-order valence-corrected chi connectivity index (χ2v) is 3.88. The Morgan fingerprint density at radius 3 is 2.62 bits per heavy atom. The predicted octanol–water partition coefficient (Wildman–Crippen LogP) is 3.99. The Labute approximate surface area is 91.8 Å². The van der Waals surface area contributed by atoms with Crippen LogP contribution in [0, 0.1) is 6.92 Å². The van der Waals surface area contributed by atoms with Crippen molar-refractivity contribution in [2.45, 2.75) is 18.7 Å². The second-order valence-electron chi connectivity index (χ2n) is 2.53. The highest BCUT2D eigenvalue weighted by atomic mass is 79.9. The summed E-state index contributed by atoms with van der Waals surface area (Å²) in [5, 5.41) is 0.399. The lowest BCUT2D eigenvalue weighted by Crippen LogP contribution is -1.97. The fourth-order valence-electron chi connectivity index (χ4n) is 0.970. The molecule has 1 aromatic heterocycles. The molecule has 0 aliphatic heterocycles. The fourth-order valence-corrected chi connectivity index (χ4v) is 2.42. The van der Waals surface area contributed by atoms with Gasteiger partial charge in [-0.1, -0.05) is 15.9 Å². The molecule has 1 aromatic rings. The molecule has 0 radical (unpaired) electrons. The van der Waals surface area contributed by atoms with Gasteiger partial charge < -0.3 is 0 Å². The van der Waals surface area contributed by atoms with Crippen LogP contribution in [-0.4, -0.2) is 4.98 Å². The lowest BCUT2D eigenvalue weighted by atomic mass is 10.1. The normalized spacial score (nSPS) is 10.9. The number of pyridine rings is 1. The van der Waals surface area contributed by atoms with Gasteiger partial charge in [-0.05, 0) is 28.4 Å². The maximum Gasteiger partial charge on any atom is 0.265 e. The molecule has 0 amide bonds. The van der Waals surface area contributed by atoms with Crippen LogP contribution in [0.4, 0.5) is 8.78 Å². The Hall–Kier alpha value is -0.0300. The van der Waals surface area contributed by atoms with Crippen LogP contribution in [0.1, 0.15) is 23.2 Å². The molecule has 0 aromatic carbocycles. The summed E-state index contributed by atoms with van der Waals surface area (Å²) in [7, 11) is 0. The maximum atomic E-state index is 12.4. The molecule has 0 saturated carbocycles. The van der Waals surface area contributed by atoms with Crippen LogP contribution in [0.15, 0.2) is 10.7 Å². The van der Waals surface area contributed by atoms with Crippen LogP contribution in [0.2, 0.25) is 0 Å². The summed E-state index contributed by atoms with van der Waals surface area (Å²) < 4.78 is 25.5. The molecular formula is C8H7Br2F2N. The van der Waals surface area contributed by atoms with Gasteiger partial charge >= 0.3 is 0 Å². The average molecular weight is 315 g/mol. The van der Waals surface area contributed by atoms with Gasteiger partial charge in [-0.25, -0.2) is 8.78 Å². The van der Waals surface area contributed by atoms with Gasteiger partial charge in [-0.2, -0.15) is 0 Å². The molecule has 0 unspecified atom stereocenters. The molecule has 0 aliphatic rings. The summed E-state index contributed by atoms with van der Waals surface area (Å²) in [5.74, 6) is 0. The van der Waals surface area contributed by atoms with Gasteiger partial charge in [0, 0.05) is 21.6 Å². The molecule has 0 atom stereocenters. The fraction of sp³-hybridized carbons (Fsp3) is 0.375. The minimum absolute atomic E-state index is 0.0191. The van der Waals surface area contributed by atoms with Gasteiger partial charge in [0.2, 0.25) is 0 Å². The van der Waals surface area contributed by atoms with Crippen LogP contribution >= 0.6 is 31.9 Å². The molecule has 5 heteroatoms. The molecular weight excluding hydrogens is 308 g/mol. The zero-order chi connectivity index (χ0) is 10.0. The summed E-state index contributed by atoms with van der Waals surface area (Å²) in [6.45, 7) is 1.77. The van der Waals surface area contributed by atoms with Crippen molar-refractivity contribution in [3.63, 3.8) is 0 Å². The summed E-state index contributed by atoms with van der Waals surface area (Å²) in [6, 6.07) is 0. The minimum atomic E-state index is -2.48. The van der Waals surface area contributed by atoms with E-state index in [1.165, 1.54) is 6.20 Å². The highest BCUT2D eigenvalue weighted by molar-refractivity contribution is 9.10. The van der Waals surface area contributed by atoms with Crippen LogP contribution in [-0.2, 0) is 5.33 Å². The lowest BCUT2D eigenvalue weighted by Gasteiger charge is -2.09. The van der Waals surface area contributed by atoms with Gasteiger partial charge in [0.25, 0.3) is 6.43 Å². The van der Waals surface area contributed by atoms with Gasteiger partial charge in [0.15, 0.2) is 0 Å². The first-order valence-corrected chi connectivity index (χ1v) is 5.47. The van der Waals surface area contributed by atoms with Crippen molar-refractivity contribution < 1.29 is 8.78 Å². The Kier molecular flexibility index (Phi) is 3.79. The Morgan fingerprint density at radius 1 is 1.54 bits per heavy atom.